The maximum Gasteiger partial charge on any atom is 0.264 e. The summed E-state index contributed by atoms with van der Waals surface area (Å²) in [7, 11) is -0.632. The summed E-state index contributed by atoms with van der Waals surface area (Å²) in [4.78, 5) is 15.0. The van der Waals surface area contributed by atoms with Gasteiger partial charge in [0.2, 0.25) is 0 Å². The third kappa shape index (κ3) is 5.79. The maximum atomic E-state index is 13.5. The Kier molecular flexibility index (Phi) is 7.76. The number of rotatable bonds is 7. The number of carbonyl (C=O) groups excluding carboxylic acids is 1. The molecule has 2 aromatic carbocycles. The highest BCUT2D eigenvalue weighted by Gasteiger charge is 2.30. The van der Waals surface area contributed by atoms with Gasteiger partial charge in [-0.1, -0.05) is 29.3 Å². The summed E-state index contributed by atoms with van der Waals surface area (Å²) in [5, 5.41) is 4.52. The van der Waals surface area contributed by atoms with Crippen LogP contribution in [0.2, 0.25) is 5.02 Å². The lowest BCUT2D eigenvalue weighted by atomic mass is 10.1. The van der Waals surface area contributed by atoms with Gasteiger partial charge >= 0.3 is 0 Å². The SMILES string of the molecule is COc1ccc(Cl)cc1N(CC(=O)NN=C1CCN(C)CC1)S(=O)(=O)c1ccc(C)cc1. The number of carbonyl (C=O) groups is 1. The monoisotopic (exact) mass is 478 g/mol. The first kappa shape index (κ1) is 24.0. The Labute approximate surface area is 193 Å². The van der Waals surface area contributed by atoms with Gasteiger partial charge in [-0.15, -0.1) is 0 Å². The van der Waals surface area contributed by atoms with Crippen LogP contribution in [-0.4, -0.2) is 58.7 Å². The minimum atomic E-state index is -4.09. The summed E-state index contributed by atoms with van der Waals surface area (Å²) < 4.78 is 33.4. The van der Waals surface area contributed by atoms with E-state index >= 15 is 0 Å². The van der Waals surface area contributed by atoms with Crippen LogP contribution >= 0.6 is 11.6 Å². The Morgan fingerprint density at radius 2 is 1.84 bits per heavy atom. The van der Waals surface area contributed by atoms with Gasteiger partial charge in [0.05, 0.1) is 17.7 Å². The fraction of sp³-hybridized carbons (Fsp3) is 0.364. The maximum absolute atomic E-state index is 13.5. The first-order chi connectivity index (χ1) is 15.2. The van der Waals surface area contributed by atoms with Crippen molar-refractivity contribution in [1.82, 2.24) is 10.3 Å². The minimum absolute atomic E-state index is 0.0551. The topological polar surface area (TPSA) is 91.3 Å². The third-order valence-electron chi connectivity index (χ3n) is 5.21. The minimum Gasteiger partial charge on any atom is -0.495 e. The number of amides is 1. The molecule has 0 radical (unpaired) electrons. The Morgan fingerprint density at radius 3 is 2.47 bits per heavy atom. The van der Waals surface area contributed by atoms with E-state index in [1.807, 2.05) is 14.0 Å². The van der Waals surface area contributed by atoms with Crippen LogP contribution in [0.15, 0.2) is 52.5 Å². The normalized spacial score (nSPS) is 14.7. The molecule has 0 spiro atoms. The van der Waals surface area contributed by atoms with E-state index in [0.717, 1.165) is 41.5 Å². The molecule has 0 saturated carbocycles. The van der Waals surface area contributed by atoms with Crippen molar-refractivity contribution < 1.29 is 17.9 Å². The summed E-state index contributed by atoms with van der Waals surface area (Å²) in [6, 6.07) is 11.0. The fourth-order valence-electron chi connectivity index (χ4n) is 3.29. The highest BCUT2D eigenvalue weighted by atomic mass is 35.5. The van der Waals surface area contributed by atoms with Gasteiger partial charge in [-0.25, -0.2) is 13.8 Å². The molecule has 0 bridgehead atoms. The molecule has 1 aliphatic rings. The summed E-state index contributed by atoms with van der Waals surface area (Å²) in [5.41, 5.74) is 4.47. The van der Waals surface area contributed by atoms with Gasteiger partial charge in [-0.2, -0.15) is 5.10 Å². The number of methoxy groups -OCH3 is 1. The van der Waals surface area contributed by atoms with Crippen LogP contribution in [0.5, 0.6) is 5.75 Å². The predicted octanol–water partition coefficient (Wildman–Crippen LogP) is 3.05. The number of hydrogen-bond acceptors (Lipinski definition) is 6. The van der Waals surface area contributed by atoms with Crippen LogP contribution in [0.3, 0.4) is 0 Å². The van der Waals surface area contributed by atoms with Gasteiger partial charge in [-0.3, -0.25) is 9.10 Å². The van der Waals surface area contributed by atoms with Gasteiger partial charge in [0.25, 0.3) is 15.9 Å². The molecule has 172 valence electrons. The van der Waals surface area contributed by atoms with Crippen molar-refractivity contribution in [2.24, 2.45) is 5.10 Å². The Balaban J connectivity index is 1.92. The van der Waals surface area contributed by atoms with E-state index in [2.05, 4.69) is 15.4 Å². The van der Waals surface area contributed by atoms with E-state index in [9.17, 15) is 13.2 Å². The highest BCUT2D eigenvalue weighted by molar-refractivity contribution is 7.92. The summed E-state index contributed by atoms with van der Waals surface area (Å²) >= 11 is 6.14. The molecule has 32 heavy (non-hydrogen) atoms. The van der Waals surface area contributed by atoms with E-state index in [0.29, 0.717) is 5.02 Å². The molecule has 0 aromatic heterocycles. The zero-order chi connectivity index (χ0) is 23.3. The third-order valence-corrected chi connectivity index (χ3v) is 7.22. The molecule has 1 heterocycles. The van der Waals surface area contributed by atoms with Crippen molar-refractivity contribution in [2.75, 3.05) is 38.1 Å². The second-order valence-corrected chi connectivity index (χ2v) is 9.96. The molecular weight excluding hydrogens is 452 g/mol. The molecule has 0 aliphatic carbocycles. The Hall–Kier alpha value is -2.62. The molecule has 1 fully saturated rings. The Bertz CT molecular complexity index is 1090. The smallest absolute Gasteiger partial charge is 0.264 e. The molecule has 0 unspecified atom stereocenters. The number of anilines is 1. The quantitative estimate of drug-likeness (QED) is 0.617. The zero-order valence-corrected chi connectivity index (χ0v) is 19.9. The van der Waals surface area contributed by atoms with E-state index in [1.165, 1.54) is 25.3 Å². The van der Waals surface area contributed by atoms with Crippen LogP contribution in [0.4, 0.5) is 5.69 Å². The van der Waals surface area contributed by atoms with Gasteiger partial charge in [0, 0.05) is 36.7 Å². The first-order valence-corrected chi connectivity index (χ1v) is 12.0. The van der Waals surface area contributed by atoms with Gasteiger partial charge < -0.3 is 9.64 Å². The van der Waals surface area contributed by atoms with E-state index in [-0.39, 0.29) is 16.3 Å². The van der Waals surface area contributed by atoms with E-state index in [4.69, 9.17) is 16.3 Å². The number of likely N-dealkylation sites (tertiary alicyclic amines) is 1. The van der Waals surface area contributed by atoms with Crippen LogP contribution in [0.1, 0.15) is 18.4 Å². The lowest BCUT2D eigenvalue weighted by Crippen LogP contribution is -2.40. The van der Waals surface area contributed by atoms with E-state index in [1.54, 1.807) is 24.3 Å². The number of nitrogens with zero attached hydrogens (tertiary/aromatic N) is 3. The molecule has 3 rings (SSSR count). The molecule has 1 N–H and O–H groups in total. The number of hydrazone groups is 1. The lowest BCUT2D eigenvalue weighted by Gasteiger charge is -2.26. The van der Waals surface area contributed by atoms with Crippen LogP contribution in [0, 0.1) is 6.92 Å². The van der Waals surface area contributed by atoms with Crippen molar-refractivity contribution >= 4 is 38.9 Å². The number of nitrogens with one attached hydrogen (secondary N) is 1. The summed E-state index contributed by atoms with van der Waals surface area (Å²) in [6.45, 7) is 3.11. The highest BCUT2D eigenvalue weighted by Crippen LogP contribution is 2.34. The van der Waals surface area contributed by atoms with Crippen molar-refractivity contribution in [3.05, 3.63) is 53.1 Å². The van der Waals surface area contributed by atoms with Crippen LogP contribution in [-0.2, 0) is 14.8 Å². The van der Waals surface area contributed by atoms with Crippen molar-refractivity contribution in [1.29, 1.82) is 0 Å². The molecule has 1 amide bonds. The predicted molar refractivity (Wildman–Crippen MR) is 126 cm³/mol. The molecule has 1 aliphatic heterocycles. The molecule has 10 heteroatoms. The summed E-state index contributed by atoms with van der Waals surface area (Å²) in [6.07, 6.45) is 1.51. The van der Waals surface area contributed by atoms with Crippen molar-refractivity contribution in [3.8, 4) is 5.75 Å². The molecule has 8 nitrogen and oxygen atoms in total. The van der Waals surface area contributed by atoms with Gasteiger partial charge in [0.15, 0.2) is 0 Å². The number of sulfonamides is 1. The Morgan fingerprint density at radius 1 is 1.19 bits per heavy atom. The number of ether oxygens (including phenoxy) is 1. The first-order valence-electron chi connectivity index (χ1n) is 10.2. The second kappa shape index (κ2) is 10.3. The van der Waals surface area contributed by atoms with Gasteiger partial charge in [0.1, 0.15) is 12.3 Å². The molecular formula is C22H27ClN4O4S. The average molecular weight is 479 g/mol. The average Bonchev–Trinajstić information content (AvgIpc) is 2.77. The number of halogens is 1. The molecule has 0 atom stereocenters. The second-order valence-electron chi connectivity index (χ2n) is 7.66. The van der Waals surface area contributed by atoms with Crippen LogP contribution < -0.4 is 14.5 Å². The van der Waals surface area contributed by atoms with Crippen molar-refractivity contribution in [3.63, 3.8) is 0 Å². The molecule has 1 saturated heterocycles. The van der Waals surface area contributed by atoms with Gasteiger partial charge in [-0.05, 0) is 44.3 Å². The number of hydrogen-bond donors (Lipinski definition) is 1. The zero-order valence-electron chi connectivity index (χ0n) is 18.3. The number of piperidine rings is 1. The molecule has 2 aromatic rings. The standard InChI is InChI=1S/C22H27ClN4O4S/c1-16-4-7-19(8-5-16)32(29,30)27(20-14-17(23)6-9-21(20)31-3)15-22(28)25-24-18-10-12-26(2)13-11-18/h4-9,14H,10-13,15H2,1-3H3,(H,25,28). The fourth-order valence-corrected chi connectivity index (χ4v) is 4.88. The van der Waals surface area contributed by atoms with E-state index < -0.39 is 22.5 Å². The van der Waals surface area contributed by atoms with Crippen molar-refractivity contribution in [2.45, 2.75) is 24.7 Å². The number of aryl methyl sites for hydroxylation is 1. The number of benzene rings is 2. The summed E-state index contributed by atoms with van der Waals surface area (Å²) in [5.74, 6) is -0.284. The lowest BCUT2D eigenvalue weighted by molar-refractivity contribution is -0.119. The largest absolute Gasteiger partial charge is 0.495 e. The van der Waals surface area contributed by atoms with Crippen LogP contribution in [0.25, 0.3) is 0 Å².